The zero-order valence-electron chi connectivity index (χ0n) is 14.1. The molecule has 26 heavy (non-hydrogen) atoms. The lowest BCUT2D eigenvalue weighted by atomic mass is 9.97. The molecule has 1 aromatic carbocycles. The molecule has 0 atom stereocenters. The van der Waals surface area contributed by atoms with Crippen molar-refractivity contribution < 1.29 is 9.32 Å². The molecule has 8 nitrogen and oxygen atoms in total. The summed E-state index contributed by atoms with van der Waals surface area (Å²) in [6.45, 7) is 1.29. The monoisotopic (exact) mass is 350 g/mol. The number of urea groups is 1. The zero-order chi connectivity index (χ0) is 17.8. The minimum absolute atomic E-state index is 0.0829. The summed E-state index contributed by atoms with van der Waals surface area (Å²) in [5.41, 5.74) is 1.38. The van der Waals surface area contributed by atoms with Crippen LogP contribution in [0.2, 0.25) is 0 Å². The lowest BCUT2D eigenvalue weighted by Gasteiger charge is -2.30. The molecule has 1 saturated heterocycles. The second-order valence-corrected chi connectivity index (χ2v) is 6.10. The number of nitrogens with zero attached hydrogens (tertiary/aromatic N) is 5. The summed E-state index contributed by atoms with van der Waals surface area (Å²) >= 11 is 0. The van der Waals surface area contributed by atoms with Crippen LogP contribution in [-0.4, -0.2) is 44.1 Å². The van der Waals surface area contributed by atoms with Gasteiger partial charge in [0, 0.05) is 37.1 Å². The Morgan fingerprint density at radius 2 is 1.96 bits per heavy atom. The van der Waals surface area contributed by atoms with E-state index in [1.165, 1.54) is 0 Å². The number of hydrogen-bond acceptors (Lipinski definition) is 6. The molecule has 8 heteroatoms. The van der Waals surface area contributed by atoms with Crippen molar-refractivity contribution in [3.05, 3.63) is 54.8 Å². The Labute approximate surface area is 150 Å². The maximum atomic E-state index is 12.3. The largest absolute Gasteiger partial charge is 0.339 e. The Hall–Kier alpha value is -3.29. The van der Waals surface area contributed by atoms with Crippen molar-refractivity contribution in [3.8, 4) is 11.5 Å². The van der Waals surface area contributed by atoms with Crippen molar-refractivity contribution >= 4 is 11.7 Å². The summed E-state index contributed by atoms with van der Waals surface area (Å²) in [7, 11) is 0. The van der Waals surface area contributed by atoms with Crippen LogP contribution in [0.1, 0.15) is 24.7 Å². The highest BCUT2D eigenvalue weighted by atomic mass is 16.5. The average Bonchev–Trinajstić information content (AvgIpc) is 3.20. The first kappa shape index (κ1) is 16.2. The van der Waals surface area contributed by atoms with Crippen molar-refractivity contribution in [1.82, 2.24) is 25.0 Å². The third-order valence-corrected chi connectivity index (χ3v) is 4.39. The number of aromatic nitrogens is 4. The molecule has 132 valence electrons. The number of carbonyl (C=O) groups excluding carboxylic acids is 1. The van der Waals surface area contributed by atoms with Crippen molar-refractivity contribution in [2.24, 2.45) is 0 Å². The molecule has 0 radical (unpaired) electrons. The highest BCUT2D eigenvalue weighted by molar-refractivity contribution is 5.89. The number of nitrogens with one attached hydrogen (secondary N) is 1. The van der Waals surface area contributed by atoms with Gasteiger partial charge in [0.2, 0.25) is 11.7 Å². The summed E-state index contributed by atoms with van der Waals surface area (Å²) in [5, 5.41) is 6.90. The van der Waals surface area contributed by atoms with E-state index in [4.69, 9.17) is 4.52 Å². The van der Waals surface area contributed by atoms with E-state index >= 15 is 0 Å². The highest BCUT2D eigenvalue weighted by Crippen LogP contribution is 2.28. The first-order valence-corrected chi connectivity index (χ1v) is 8.50. The van der Waals surface area contributed by atoms with E-state index in [9.17, 15) is 4.79 Å². The van der Waals surface area contributed by atoms with Gasteiger partial charge in [0.25, 0.3) is 0 Å². The van der Waals surface area contributed by atoms with Gasteiger partial charge in [-0.15, -0.1) is 0 Å². The summed E-state index contributed by atoms with van der Waals surface area (Å²) < 4.78 is 5.40. The van der Waals surface area contributed by atoms with E-state index in [2.05, 4.69) is 25.4 Å². The van der Waals surface area contributed by atoms with Crippen LogP contribution >= 0.6 is 0 Å². The fourth-order valence-corrected chi connectivity index (χ4v) is 2.97. The summed E-state index contributed by atoms with van der Waals surface area (Å²) in [5.74, 6) is 1.18. The molecular formula is C18H18N6O2. The molecule has 0 saturated carbocycles. The van der Waals surface area contributed by atoms with Crippen LogP contribution in [0.15, 0.2) is 53.4 Å². The summed E-state index contributed by atoms with van der Waals surface area (Å²) in [6, 6.07) is 9.37. The topological polar surface area (TPSA) is 97.0 Å². The van der Waals surface area contributed by atoms with E-state index in [0.29, 0.717) is 30.5 Å². The molecule has 0 unspecified atom stereocenters. The Bertz CT molecular complexity index is 860. The van der Waals surface area contributed by atoms with Crippen LogP contribution in [-0.2, 0) is 0 Å². The first-order valence-electron chi connectivity index (χ1n) is 8.50. The van der Waals surface area contributed by atoms with E-state index in [1.54, 1.807) is 18.6 Å². The van der Waals surface area contributed by atoms with Gasteiger partial charge in [-0.3, -0.25) is 4.98 Å². The maximum Gasteiger partial charge on any atom is 0.321 e. The van der Waals surface area contributed by atoms with Gasteiger partial charge in [0.1, 0.15) is 5.69 Å². The molecule has 1 N–H and O–H groups in total. The fraction of sp³-hybridized carbons (Fsp3) is 0.278. The number of rotatable bonds is 3. The smallest absolute Gasteiger partial charge is 0.321 e. The predicted molar refractivity (Wildman–Crippen MR) is 94.3 cm³/mol. The number of benzene rings is 1. The van der Waals surface area contributed by atoms with Crippen molar-refractivity contribution in [1.29, 1.82) is 0 Å². The van der Waals surface area contributed by atoms with Gasteiger partial charge in [-0.25, -0.2) is 9.78 Å². The Kier molecular flexibility index (Phi) is 4.55. The van der Waals surface area contributed by atoms with Crippen LogP contribution < -0.4 is 5.32 Å². The predicted octanol–water partition coefficient (Wildman–Crippen LogP) is 2.94. The third-order valence-electron chi connectivity index (χ3n) is 4.39. The van der Waals surface area contributed by atoms with Crippen molar-refractivity contribution in [3.63, 3.8) is 0 Å². The van der Waals surface area contributed by atoms with Gasteiger partial charge in [-0.2, -0.15) is 4.98 Å². The molecule has 4 rings (SSSR count). The average molecular weight is 350 g/mol. The first-order chi connectivity index (χ1) is 12.8. The van der Waals surface area contributed by atoms with E-state index in [0.717, 1.165) is 18.5 Å². The molecule has 0 spiro atoms. The molecular weight excluding hydrogens is 332 g/mol. The second-order valence-electron chi connectivity index (χ2n) is 6.10. The summed E-state index contributed by atoms with van der Waals surface area (Å²) in [4.78, 5) is 26.8. The van der Waals surface area contributed by atoms with Gasteiger partial charge in [0.15, 0.2) is 0 Å². The Morgan fingerprint density at radius 1 is 1.15 bits per heavy atom. The Balaban J connectivity index is 1.35. The molecule has 1 fully saturated rings. The SMILES string of the molecule is O=C(Nc1ccccc1)N1CCC(c2nc(-c3cnccn3)no2)CC1. The number of anilines is 1. The highest BCUT2D eigenvalue weighted by Gasteiger charge is 2.27. The molecule has 3 heterocycles. The van der Waals surface area contributed by atoms with Crippen LogP contribution in [0.3, 0.4) is 0 Å². The minimum Gasteiger partial charge on any atom is -0.339 e. The molecule has 0 aliphatic carbocycles. The van der Waals surface area contributed by atoms with Crippen molar-refractivity contribution in [2.75, 3.05) is 18.4 Å². The minimum atomic E-state index is -0.0829. The summed E-state index contributed by atoms with van der Waals surface area (Å²) in [6.07, 6.45) is 6.36. The third kappa shape index (κ3) is 3.53. The number of carbonyl (C=O) groups is 1. The number of para-hydroxylation sites is 1. The molecule has 1 aliphatic heterocycles. The fourth-order valence-electron chi connectivity index (χ4n) is 2.97. The molecule has 0 bridgehead atoms. The van der Waals surface area contributed by atoms with E-state index in [1.807, 2.05) is 35.2 Å². The van der Waals surface area contributed by atoms with Gasteiger partial charge in [-0.05, 0) is 25.0 Å². The van der Waals surface area contributed by atoms with Gasteiger partial charge < -0.3 is 14.7 Å². The zero-order valence-corrected chi connectivity index (χ0v) is 14.1. The van der Waals surface area contributed by atoms with Crippen LogP contribution in [0, 0.1) is 0 Å². The van der Waals surface area contributed by atoms with Crippen LogP contribution in [0.25, 0.3) is 11.5 Å². The molecule has 2 aromatic heterocycles. The van der Waals surface area contributed by atoms with Crippen molar-refractivity contribution in [2.45, 2.75) is 18.8 Å². The standard InChI is InChI=1S/C18H18N6O2/c25-18(21-14-4-2-1-3-5-14)24-10-6-13(7-11-24)17-22-16(23-26-17)15-12-19-8-9-20-15/h1-5,8-9,12-13H,6-7,10-11H2,(H,21,25). The quantitative estimate of drug-likeness (QED) is 0.780. The molecule has 2 amide bonds. The lowest BCUT2D eigenvalue weighted by molar-refractivity contribution is 0.187. The Morgan fingerprint density at radius 3 is 2.69 bits per heavy atom. The number of hydrogen-bond donors (Lipinski definition) is 1. The number of amides is 2. The molecule has 3 aromatic rings. The van der Waals surface area contributed by atoms with E-state index in [-0.39, 0.29) is 11.9 Å². The normalized spacial score (nSPS) is 15.0. The van der Waals surface area contributed by atoms with Crippen LogP contribution in [0.4, 0.5) is 10.5 Å². The lowest BCUT2D eigenvalue weighted by Crippen LogP contribution is -2.40. The number of piperidine rings is 1. The van der Waals surface area contributed by atoms with E-state index < -0.39 is 0 Å². The number of likely N-dealkylation sites (tertiary alicyclic amines) is 1. The van der Waals surface area contributed by atoms with Gasteiger partial charge in [0.05, 0.1) is 6.20 Å². The maximum absolute atomic E-state index is 12.3. The second kappa shape index (κ2) is 7.30. The molecule has 1 aliphatic rings. The van der Waals surface area contributed by atoms with Gasteiger partial charge >= 0.3 is 6.03 Å². The van der Waals surface area contributed by atoms with Crippen LogP contribution in [0.5, 0.6) is 0 Å². The van der Waals surface area contributed by atoms with Gasteiger partial charge in [-0.1, -0.05) is 23.4 Å².